The molecule has 0 saturated heterocycles. The number of nitrogens with zero attached hydrogens (tertiary/aromatic N) is 4. The number of hydrogen-bond acceptors (Lipinski definition) is 5. The van der Waals surface area contributed by atoms with E-state index in [4.69, 9.17) is 16.3 Å². The molecule has 3 aromatic rings. The minimum Gasteiger partial charge on any atom is -0.497 e. The molecule has 0 bridgehead atoms. The van der Waals surface area contributed by atoms with Crippen LogP contribution in [-0.2, 0) is 5.54 Å². The smallest absolute Gasteiger partial charge is 0.181 e. The fraction of sp³-hybridized carbons (Fsp3) is 0.235. The Morgan fingerprint density at radius 3 is 2.33 bits per heavy atom. The van der Waals surface area contributed by atoms with Gasteiger partial charge in [0.25, 0.3) is 0 Å². The van der Waals surface area contributed by atoms with E-state index >= 15 is 0 Å². The maximum Gasteiger partial charge on any atom is 0.181 e. The molecule has 3 rings (SSSR count). The van der Waals surface area contributed by atoms with Gasteiger partial charge in [0, 0.05) is 10.7 Å². The van der Waals surface area contributed by atoms with Gasteiger partial charge >= 0.3 is 0 Å². The molecular weight excluding hydrogens is 326 g/mol. The van der Waals surface area contributed by atoms with Gasteiger partial charge in [-0.2, -0.15) is 4.68 Å². The van der Waals surface area contributed by atoms with Crippen LogP contribution in [0.2, 0.25) is 5.02 Å². The first-order chi connectivity index (χ1) is 11.5. The Labute approximate surface area is 145 Å². The van der Waals surface area contributed by atoms with E-state index in [0.717, 1.165) is 17.1 Å². The molecule has 0 fully saturated rings. The molecule has 0 unspecified atom stereocenters. The van der Waals surface area contributed by atoms with Gasteiger partial charge in [-0.1, -0.05) is 11.6 Å². The van der Waals surface area contributed by atoms with Crippen molar-refractivity contribution in [2.75, 3.05) is 12.4 Å². The second-order valence-corrected chi connectivity index (χ2v) is 6.31. The van der Waals surface area contributed by atoms with Crippen molar-refractivity contribution in [3.05, 3.63) is 59.4 Å². The zero-order valence-corrected chi connectivity index (χ0v) is 14.4. The van der Waals surface area contributed by atoms with Crippen LogP contribution >= 0.6 is 11.6 Å². The summed E-state index contributed by atoms with van der Waals surface area (Å²) in [7, 11) is 1.64. The van der Waals surface area contributed by atoms with Crippen LogP contribution in [0.5, 0.6) is 5.75 Å². The number of tetrazole rings is 1. The van der Waals surface area contributed by atoms with Crippen LogP contribution in [0.4, 0.5) is 5.69 Å². The van der Waals surface area contributed by atoms with Crippen LogP contribution in [0.3, 0.4) is 0 Å². The Hall–Kier alpha value is -2.60. The van der Waals surface area contributed by atoms with Gasteiger partial charge < -0.3 is 10.1 Å². The van der Waals surface area contributed by atoms with Crippen LogP contribution in [0.15, 0.2) is 48.5 Å². The summed E-state index contributed by atoms with van der Waals surface area (Å²) in [5.74, 6) is 1.48. The van der Waals surface area contributed by atoms with Crippen molar-refractivity contribution in [1.82, 2.24) is 20.2 Å². The number of ether oxygens (including phenoxy) is 1. The lowest BCUT2D eigenvalue weighted by Gasteiger charge is -2.26. The molecule has 0 spiro atoms. The van der Waals surface area contributed by atoms with Crippen molar-refractivity contribution in [2.45, 2.75) is 19.4 Å². The highest BCUT2D eigenvalue weighted by atomic mass is 35.5. The molecule has 0 radical (unpaired) electrons. The van der Waals surface area contributed by atoms with Crippen LogP contribution in [0.25, 0.3) is 5.69 Å². The van der Waals surface area contributed by atoms with Crippen molar-refractivity contribution >= 4 is 17.3 Å². The summed E-state index contributed by atoms with van der Waals surface area (Å²) in [6.45, 7) is 4.04. The Morgan fingerprint density at radius 2 is 1.71 bits per heavy atom. The average molecular weight is 344 g/mol. The van der Waals surface area contributed by atoms with Crippen LogP contribution in [0, 0.1) is 0 Å². The minimum atomic E-state index is -0.489. The topological polar surface area (TPSA) is 64.9 Å². The van der Waals surface area contributed by atoms with Crippen molar-refractivity contribution in [2.24, 2.45) is 0 Å². The molecule has 7 heteroatoms. The molecule has 0 saturated carbocycles. The van der Waals surface area contributed by atoms with E-state index in [2.05, 4.69) is 20.8 Å². The van der Waals surface area contributed by atoms with Gasteiger partial charge in [-0.25, -0.2) is 0 Å². The zero-order chi connectivity index (χ0) is 17.2. The predicted molar refractivity (Wildman–Crippen MR) is 93.8 cm³/mol. The lowest BCUT2D eigenvalue weighted by molar-refractivity contribution is 0.414. The highest BCUT2D eigenvalue weighted by Crippen LogP contribution is 2.26. The highest BCUT2D eigenvalue weighted by molar-refractivity contribution is 6.30. The first kappa shape index (κ1) is 16.3. The van der Waals surface area contributed by atoms with Gasteiger partial charge in [-0.05, 0) is 72.8 Å². The molecule has 0 atom stereocenters. The predicted octanol–water partition coefficient (Wildman–Crippen LogP) is 3.67. The summed E-state index contributed by atoms with van der Waals surface area (Å²) in [5, 5.41) is 16.3. The summed E-state index contributed by atoms with van der Waals surface area (Å²) >= 11 is 5.94. The van der Waals surface area contributed by atoms with E-state index in [1.807, 2.05) is 62.4 Å². The number of methoxy groups -OCH3 is 1. The van der Waals surface area contributed by atoms with Crippen molar-refractivity contribution in [3.63, 3.8) is 0 Å². The summed E-state index contributed by atoms with van der Waals surface area (Å²) in [6, 6.07) is 15.1. The van der Waals surface area contributed by atoms with E-state index in [-0.39, 0.29) is 0 Å². The zero-order valence-electron chi connectivity index (χ0n) is 13.7. The number of rotatable bonds is 5. The first-order valence-electron chi connectivity index (χ1n) is 7.46. The molecule has 2 aromatic carbocycles. The maximum absolute atomic E-state index is 5.94. The molecule has 124 valence electrons. The molecule has 24 heavy (non-hydrogen) atoms. The molecule has 0 aliphatic rings. The number of aromatic nitrogens is 4. The fourth-order valence-corrected chi connectivity index (χ4v) is 2.55. The lowest BCUT2D eigenvalue weighted by atomic mass is 10.0. The third-order valence-corrected chi connectivity index (χ3v) is 3.90. The molecule has 0 amide bonds. The van der Waals surface area contributed by atoms with Gasteiger partial charge in [0.05, 0.1) is 18.3 Å². The molecule has 0 aliphatic carbocycles. The molecular formula is C17H18ClN5O. The Balaban J connectivity index is 1.91. The summed E-state index contributed by atoms with van der Waals surface area (Å²) < 4.78 is 6.90. The average Bonchev–Trinajstić information content (AvgIpc) is 3.07. The van der Waals surface area contributed by atoms with Gasteiger partial charge in [0.2, 0.25) is 0 Å². The Kier molecular flexibility index (Phi) is 4.40. The quantitative estimate of drug-likeness (QED) is 0.765. The largest absolute Gasteiger partial charge is 0.497 e. The van der Waals surface area contributed by atoms with Gasteiger partial charge in [0.15, 0.2) is 5.82 Å². The first-order valence-corrected chi connectivity index (χ1v) is 7.84. The van der Waals surface area contributed by atoms with Gasteiger partial charge in [0.1, 0.15) is 5.75 Å². The highest BCUT2D eigenvalue weighted by Gasteiger charge is 2.28. The molecule has 6 nitrogen and oxygen atoms in total. The standard InChI is InChI=1S/C17H18ClN5O/c1-17(2,19-13-6-4-12(18)5-7-13)16-20-21-22-23(16)14-8-10-15(24-3)11-9-14/h4-11,19H,1-3H3. The minimum absolute atomic E-state index is 0.489. The number of hydrogen-bond donors (Lipinski definition) is 1. The normalized spacial score (nSPS) is 11.3. The van der Waals surface area contributed by atoms with E-state index in [0.29, 0.717) is 10.8 Å². The van der Waals surface area contributed by atoms with Crippen molar-refractivity contribution in [3.8, 4) is 11.4 Å². The Bertz CT molecular complexity index is 812. The maximum atomic E-state index is 5.94. The third kappa shape index (κ3) is 3.33. The SMILES string of the molecule is COc1ccc(-n2nnnc2C(C)(C)Nc2ccc(Cl)cc2)cc1. The second kappa shape index (κ2) is 6.49. The molecule has 0 aliphatic heterocycles. The fourth-order valence-electron chi connectivity index (χ4n) is 2.42. The van der Waals surface area contributed by atoms with Crippen LogP contribution < -0.4 is 10.1 Å². The Morgan fingerprint density at radius 1 is 1.04 bits per heavy atom. The molecule has 1 N–H and O–H groups in total. The number of nitrogens with one attached hydrogen (secondary N) is 1. The van der Waals surface area contributed by atoms with Crippen LogP contribution in [-0.4, -0.2) is 27.3 Å². The van der Waals surface area contributed by atoms with Crippen LogP contribution in [0.1, 0.15) is 19.7 Å². The lowest BCUT2D eigenvalue weighted by Crippen LogP contribution is -2.31. The molecule has 1 aromatic heterocycles. The molecule has 1 heterocycles. The third-order valence-electron chi connectivity index (χ3n) is 3.65. The summed E-state index contributed by atoms with van der Waals surface area (Å²) in [6.07, 6.45) is 0. The van der Waals surface area contributed by atoms with Crippen molar-refractivity contribution < 1.29 is 4.74 Å². The monoisotopic (exact) mass is 343 g/mol. The number of benzene rings is 2. The van der Waals surface area contributed by atoms with E-state index in [1.54, 1.807) is 11.8 Å². The number of anilines is 1. The van der Waals surface area contributed by atoms with Crippen molar-refractivity contribution in [1.29, 1.82) is 0 Å². The second-order valence-electron chi connectivity index (χ2n) is 5.87. The summed E-state index contributed by atoms with van der Waals surface area (Å²) in [5.41, 5.74) is 1.31. The number of halogens is 1. The summed E-state index contributed by atoms with van der Waals surface area (Å²) in [4.78, 5) is 0. The van der Waals surface area contributed by atoms with Gasteiger partial charge in [-0.15, -0.1) is 5.10 Å². The van der Waals surface area contributed by atoms with E-state index in [1.165, 1.54) is 0 Å². The van der Waals surface area contributed by atoms with Gasteiger partial charge in [-0.3, -0.25) is 0 Å². The van der Waals surface area contributed by atoms with E-state index < -0.39 is 5.54 Å². The van der Waals surface area contributed by atoms with E-state index in [9.17, 15) is 0 Å².